The summed E-state index contributed by atoms with van der Waals surface area (Å²) in [5.41, 5.74) is 4.46. The molecule has 2 aromatic carbocycles. The van der Waals surface area contributed by atoms with Gasteiger partial charge in [-0.3, -0.25) is 4.79 Å². The Hall–Kier alpha value is -3.09. The van der Waals surface area contributed by atoms with E-state index in [0.29, 0.717) is 34.1 Å². The van der Waals surface area contributed by atoms with E-state index in [-0.39, 0.29) is 18.1 Å². The van der Waals surface area contributed by atoms with Gasteiger partial charge in [-0.15, -0.1) is 0 Å². The molecular formula is C19H21FN2O4. The Kier molecular flexibility index (Phi) is 6.54. The molecule has 0 aromatic heterocycles. The lowest BCUT2D eigenvalue weighted by molar-refractivity contribution is -0.120. The molecule has 0 fully saturated rings. The SMILES string of the molecule is COc1cc(/C(C)=N/NC(=O)Cc2ccc(F)cc2)cc(OC)c1OC. The molecule has 6 nitrogen and oxygen atoms in total. The van der Waals surface area contributed by atoms with Gasteiger partial charge >= 0.3 is 0 Å². The summed E-state index contributed by atoms with van der Waals surface area (Å²) < 4.78 is 28.8. The van der Waals surface area contributed by atoms with Crippen LogP contribution in [0.4, 0.5) is 4.39 Å². The fourth-order valence-corrected chi connectivity index (χ4v) is 2.33. The number of carbonyl (C=O) groups excluding carboxylic acids is 1. The highest BCUT2D eigenvalue weighted by molar-refractivity contribution is 6.00. The van der Waals surface area contributed by atoms with Crippen molar-refractivity contribution in [3.8, 4) is 17.2 Å². The normalized spacial score (nSPS) is 11.0. The molecule has 0 radical (unpaired) electrons. The van der Waals surface area contributed by atoms with Crippen LogP contribution >= 0.6 is 0 Å². The van der Waals surface area contributed by atoms with Crippen LogP contribution in [0.3, 0.4) is 0 Å². The van der Waals surface area contributed by atoms with E-state index in [1.165, 1.54) is 33.5 Å². The Morgan fingerprint density at radius 1 is 1.04 bits per heavy atom. The molecule has 138 valence electrons. The minimum absolute atomic E-state index is 0.103. The second-order valence-corrected chi connectivity index (χ2v) is 5.45. The van der Waals surface area contributed by atoms with Crippen LogP contribution in [-0.2, 0) is 11.2 Å². The van der Waals surface area contributed by atoms with E-state index in [2.05, 4.69) is 10.5 Å². The molecule has 2 aromatic rings. The maximum absolute atomic E-state index is 12.9. The zero-order valence-corrected chi connectivity index (χ0v) is 15.1. The lowest BCUT2D eigenvalue weighted by atomic mass is 10.1. The summed E-state index contributed by atoms with van der Waals surface area (Å²) in [7, 11) is 4.58. The molecule has 0 aliphatic rings. The van der Waals surface area contributed by atoms with Gasteiger partial charge in [0.05, 0.1) is 33.5 Å². The molecule has 7 heteroatoms. The van der Waals surface area contributed by atoms with E-state index in [4.69, 9.17) is 14.2 Å². The van der Waals surface area contributed by atoms with E-state index in [1.54, 1.807) is 31.2 Å². The van der Waals surface area contributed by atoms with Crippen molar-refractivity contribution >= 4 is 11.6 Å². The van der Waals surface area contributed by atoms with E-state index in [0.717, 1.165) is 0 Å². The zero-order chi connectivity index (χ0) is 19.1. The highest BCUT2D eigenvalue weighted by Gasteiger charge is 2.14. The van der Waals surface area contributed by atoms with Gasteiger partial charge in [-0.05, 0) is 36.8 Å². The lowest BCUT2D eigenvalue weighted by Crippen LogP contribution is -2.21. The largest absolute Gasteiger partial charge is 0.493 e. The molecule has 2 rings (SSSR count). The van der Waals surface area contributed by atoms with Crippen LogP contribution in [-0.4, -0.2) is 32.9 Å². The second kappa shape index (κ2) is 8.84. The Labute approximate surface area is 151 Å². The molecule has 0 aliphatic heterocycles. The second-order valence-electron chi connectivity index (χ2n) is 5.45. The maximum Gasteiger partial charge on any atom is 0.244 e. The highest BCUT2D eigenvalue weighted by Crippen LogP contribution is 2.38. The van der Waals surface area contributed by atoms with Gasteiger partial charge in [0, 0.05) is 5.56 Å². The third-order valence-electron chi connectivity index (χ3n) is 3.71. The molecule has 0 bridgehead atoms. The molecule has 0 aliphatic carbocycles. The van der Waals surface area contributed by atoms with Crippen LogP contribution in [0.1, 0.15) is 18.1 Å². The van der Waals surface area contributed by atoms with E-state index in [1.807, 2.05) is 0 Å². The minimum atomic E-state index is -0.342. The van der Waals surface area contributed by atoms with E-state index >= 15 is 0 Å². The number of benzene rings is 2. The van der Waals surface area contributed by atoms with Crippen LogP contribution in [0, 0.1) is 5.82 Å². The van der Waals surface area contributed by atoms with Gasteiger partial charge in [-0.25, -0.2) is 9.82 Å². The quantitative estimate of drug-likeness (QED) is 0.609. The van der Waals surface area contributed by atoms with Gasteiger partial charge < -0.3 is 14.2 Å². The smallest absolute Gasteiger partial charge is 0.244 e. The van der Waals surface area contributed by atoms with Crippen molar-refractivity contribution in [3.63, 3.8) is 0 Å². The number of hydrazone groups is 1. The van der Waals surface area contributed by atoms with Crippen molar-refractivity contribution in [3.05, 3.63) is 53.3 Å². The number of amides is 1. The van der Waals surface area contributed by atoms with Crippen LogP contribution in [0.15, 0.2) is 41.5 Å². The number of rotatable bonds is 7. The average molecular weight is 360 g/mol. The summed E-state index contributed by atoms with van der Waals surface area (Å²) in [5, 5.41) is 4.11. The minimum Gasteiger partial charge on any atom is -0.493 e. The molecule has 0 saturated carbocycles. The number of hydrogen-bond acceptors (Lipinski definition) is 5. The number of nitrogens with one attached hydrogen (secondary N) is 1. The Bertz CT molecular complexity index is 779. The van der Waals surface area contributed by atoms with Crippen molar-refractivity contribution in [2.75, 3.05) is 21.3 Å². The van der Waals surface area contributed by atoms with Crippen molar-refractivity contribution in [1.82, 2.24) is 5.43 Å². The molecule has 1 amide bonds. The molecule has 0 saturated heterocycles. The standard InChI is InChI=1S/C19H21FN2O4/c1-12(14-10-16(24-2)19(26-4)17(11-14)25-3)21-22-18(23)9-13-5-7-15(20)8-6-13/h5-8,10-11H,9H2,1-4H3,(H,22,23)/b21-12+. The predicted molar refractivity (Wildman–Crippen MR) is 96.6 cm³/mol. The third-order valence-corrected chi connectivity index (χ3v) is 3.71. The number of nitrogens with zero attached hydrogens (tertiary/aromatic N) is 1. The molecule has 0 heterocycles. The van der Waals surface area contributed by atoms with Crippen LogP contribution in [0.25, 0.3) is 0 Å². The topological polar surface area (TPSA) is 69.2 Å². The molecule has 1 N–H and O–H groups in total. The number of halogens is 1. The fraction of sp³-hybridized carbons (Fsp3) is 0.263. The number of carbonyl (C=O) groups is 1. The van der Waals surface area contributed by atoms with Crippen molar-refractivity contribution in [2.24, 2.45) is 5.10 Å². The van der Waals surface area contributed by atoms with Gasteiger partial charge in [-0.2, -0.15) is 5.10 Å². The summed E-state index contributed by atoms with van der Waals surface area (Å²) in [6.07, 6.45) is 0.103. The zero-order valence-electron chi connectivity index (χ0n) is 15.1. The van der Waals surface area contributed by atoms with Crippen molar-refractivity contribution in [1.29, 1.82) is 0 Å². The van der Waals surface area contributed by atoms with E-state index in [9.17, 15) is 9.18 Å². The monoisotopic (exact) mass is 360 g/mol. The first-order valence-corrected chi connectivity index (χ1v) is 7.86. The molecular weight excluding hydrogens is 339 g/mol. The fourth-order valence-electron chi connectivity index (χ4n) is 2.33. The Morgan fingerprint density at radius 3 is 2.12 bits per heavy atom. The third kappa shape index (κ3) is 4.72. The van der Waals surface area contributed by atoms with Gasteiger partial charge in [-0.1, -0.05) is 12.1 Å². The summed E-state index contributed by atoms with van der Waals surface area (Å²) in [5.74, 6) is 0.823. The molecule has 0 atom stereocenters. The Morgan fingerprint density at radius 2 is 1.62 bits per heavy atom. The summed E-state index contributed by atoms with van der Waals surface area (Å²) in [4.78, 5) is 12.0. The van der Waals surface area contributed by atoms with Gasteiger partial charge in [0.1, 0.15) is 5.82 Å². The molecule has 0 unspecified atom stereocenters. The first-order valence-electron chi connectivity index (χ1n) is 7.86. The first-order chi connectivity index (χ1) is 12.5. The maximum atomic E-state index is 12.9. The summed E-state index contributed by atoms with van der Waals surface area (Å²) in [6, 6.07) is 9.23. The average Bonchev–Trinajstić information content (AvgIpc) is 2.66. The number of methoxy groups -OCH3 is 3. The van der Waals surface area contributed by atoms with Crippen molar-refractivity contribution in [2.45, 2.75) is 13.3 Å². The molecule has 26 heavy (non-hydrogen) atoms. The van der Waals surface area contributed by atoms with Gasteiger partial charge in [0.2, 0.25) is 11.7 Å². The number of ether oxygens (including phenoxy) is 3. The summed E-state index contributed by atoms with van der Waals surface area (Å²) >= 11 is 0. The summed E-state index contributed by atoms with van der Waals surface area (Å²) in [6.45, 7) is 1.75. The predicted octanol–water partition coefficient (Wildman–Crippen LogP) is 2.93. The van der Waals surface area contributed by atoms with Gasteiger partial charge in [0.15, 0.2) is 11.5 Å². The lowest BCUT2D eigenvalue weighted by Gasteiger charge is -2.14. The van der Waals surface area contributed by atoms with Crippen LogP contribution in [0.5, 0.6) is 17.2 Å². The van der Waals surface area contributed by atoms with Crippen LogP contribution in [0.2, 0.25) is 0 Å². The Balaban J connectivity index is 2.13. The first kappa shape index (κ1) is 19.2. The highest BCUT2D eigenvalue weighted by atomic mass is 19.1. The van der Waals surface area contributed by atoms with E-state index < -0.39 is 0 Å². The molecule has 0 spiro atoms. The number of hydrogen-bond donors (Lipinski definition) is 1. The van der Waals surface area contributed by atoms with Crippen LogP contribution < -0.4 is 19.6 Å². The van der Waals surface area contributed by atoms with Crippen molar-refractivity contribution < 1.29 is 23.4 Å². The van der Waals surface area contributed by atoms with Gasteiger partial charge in [0.25, 0.3) is 0 Å².